The van der Waals surface area contributed by atoms with Crippen LogP contribution in [0.1, 0.15) is 58.8 Å². The van der Waals surface area contributed by atoms with Gasteiger partial charge in [0.2, 0.25) is 0 Å². The Bertz CT molecular complexity index is 942. The van der Waals surface area contributed by atoms with Crippen LogP contribution in [0.2, 0.25) is 0 Å². The van der Waals surface area contributed by atoms with Crippen molar-refractivity contribution < 1.29 is 29.2 Å². The lowest BCUT2D eigenvalue weighted by molar-refractivity contribution is -0.127. The number of fused-ring (bicyclic) bond motifs is 1. The number of nitrogens with zero attached hydrogens (tertiary/aromatic N) is 4. The molecule has 11 heteroatoms. The fraction of sp³-hybridized carbons (Fsp3) is 0.619. The molecule has 2 aromatic rings. The van der Waals surface area contributed by atoms with Crippen molar-refractivity contribution in [2.24, 2.45) is 5.92 Å². The van der Waals surface area contributed by atoms with Gasteiger partial charge in [-0.3, -0.25) is 0 Å². The molecule has 4 N–H and O–H groups in total. The van der Waals surface area contributed by atoms with Gasteiger partial charge in [-0.25, -0.2) is 14.3 Å². The Morgan fingerprint density at radius 1 is 1.44 bits per heavy atom. The normalized spacial score (nSPS) is 20.5. The number of hydrogen-bond acceptors (Lipinski definition) is 10. The van der Waals surface area contributed by atoms with Crippen LogP contribution in [0.3, 0.4) is 0 Å². The molecule has 0 amide bonds. The second-order valence-electron chi connectivity index (χ2n) is 8.52. The van der Waals surface area contributed by atoms with E-state index < -0.39 is 17.5 Å². The van der Waals surface area contributed by atoms with Gasteiger partial charge >= 0.3 is 6.16 Å². The lowest BCUT2D eigenvalue weighted by Gasteiger charge is -2.21. The second kappa shape index (κ2) is 10.6. The zero-order chi connectivity index (χ0) is 23.9. The van der Waals surface area contributed by atoms with E-state index in [1.54, 1.807) is 4.52 Å². The van der Waals surface area contributed by atoms with Crippen molar-refractivity contribution in [1.82, 2.24) is 14.6 Å². The molecule has 1 aliphatic heterocycles. The molecule has 1 unspecified atom stereocenters. The smallest absolute Gasteiger partial charge is 0.434 e. The van der Waals surface area contributed by atoms with E-state index in [2.05, 4.69) is 16.2 Å². The number of nitrogen functional groups attached to an aromatic ring is 1. The van der Waals surface area contributed by atoms with Crippen molar-refractivity contribution in [2.75, 3.05) is 18.9 Å². The van der Waals surface area contributed by atoms with Crippen LogP contribution in [0.4, 0.5) is 10.6 Å². The molecule has 1 fully saturated rings. The average Bonchev–Trinajstić information content (AvgIpc) is 3.30. The molecule has 11 nitrogen and oxygen atoms in total. The van der Waals surface area contributed by atoms with Gasteiger partial charge in [-0.05, 0) is 51.2 Å². The van der Waals surface area contributed by atoms with Crippen LogP contribution < -0.4 is 5.73 Å². The summed E-state index contributed by atoms with van der Waals surface area (Å²) in [6.07, 6.45) is 2.00. The van der Waals surface area contributed by atoms with Crippen molar-refractivity contribution in [3.8, 4) is 6.07 Å². The molecule has 0 aromatic carbocycles. The molecule has 32 heavy (non-hydrogen) atoms. The molecule has 0 saturated carbocycles. The zero-order valence-electron chi connectivity index (χ0n) is 18.8. The van der Waals surface area contributed by atoms with Gasteiger partial charge in [-0.2, -0.15) is 10.4 Å². The Morgan fingerprint density at radius 2 is 2.12 bits per heavy atom. The second-order valence-corrected chi connectivity index (χ2v) is 8.52. The van der Waals surface area contributed by atoms with Crippen LogP contribution in [-0.4, -0.2) is 55.6 Å². The highest BCUT2D eigenvalue weighted by Gasteiger charge is 2.43. The molecule has 0 bridgehead atoms. The Balaban J connectivity index is 0.000000654. The molecule has 0 aliphatic carbocycles. The minimum Gasteiger partial charge on any atom is -0.434 e. The summed E-state index contributed by atoms with van der Waals surface area (Å²) in [4.78, 5) is 15.7. The maximum Gasteiger partial charge on any atom is 0.508 e. The topological polar surface area (TPSA) is 165 Å². The van der Waals surface area contributed by atoms with E-state index in [1.165, 1.54) is 20.2 Å². The summed E-state index contributed by atoms with van der Waals surface area (Å²) in [5.74, 6) is -0.704. The summed E-state index contributed by atoms with van der Waals surface area (Å²) in [6.45, 7) is 6.78. The number of anilines is 1. The van der Waals surface area contributed by atoms with Gasteiger partial charge in [0.1, 0.15) is 30.6 Å². The summed E-state index contributed by atoms with van der Waals surface area (Å²) < 4.78 is 17.7. The maximum atomic E-state index is 11.7. The van der Waals surface area contributed by atoms with Crippen LogP contribution >= 0.6 is 0 Å². The van der Waals surface area contributed by atoms with Gasteiger partial charge in [-0.15, -0.1) is 0 Å². The molecular weight excluding hydrogens is 418 g/mol. The first-order valence-corrected chi connectivity index (χ1v) is 10.4. The fourth-order valence-corrected chi connectivity index (χ4v) is 3.00. The largest absolute Gasteiger partial charge is 0.508 e. The molecule has 0 spiro atoms. The number of nitrogens with two attached hydrogens (primary N) is 1. The molecule has 3 rings (SSSR count). The van der Waals surface area contributed by atoms with E-state index in [4.69, 9.17) is 30.2 Å². The number of nitriles is 1. The molecule has 3 heterocycles. The van der Waals surface area contributed by atoms with Crippen molar-refractivity contribution in [1.29, 1.82) is 5.26 Å². The quantitative estimate of drug-likeness (QED) is 0.440. The summed E-state index contributed by atoms with van der Waals surface area (Å²) >= 11 is 0. The van der Waals surface area contributed by atoms with Crippen LogP contribution in [0.15, 0.2) is 18.5 Å². The fourth-order valence-electron chi connectivity index (χ4n) is 3.00. The molecule has 1 aliphatic rings. The minimum absolute atomic E-state index is 0.180. The third-order valence-corrected chi connectivity index (χ3v) is 4.56. The van der Waals surface area contributed by atoms with E-state index in [-0.39, 0.29) is 19.3 Å². The van der Waals surface area contributed by atoms with Crippen molar-refractivity contribution in [3.63, 3.8) is 0 Å². The number of aliphatic hydroxyl groups is 2. The van der Waals surface area contributed by atoms with Crippen LogP contribution in [0.25, 0.3) is 5.52 Å². The van der Waals surface area contributed by atoms with E-state index in [1.807, 2.05) is 26.0 Å². The number of hydrogen-bond donors (Lipinski definition) is 3. The predicted molar refractivity (Wildman–Crippen MR) is 114 cm³/mol. The molecule has 2 atom stereocenters. The molecule has 2 aromatic heterocycles. The standard InChI is InChI=1S/C18H23N5O4.C3H8O2/c1-12(2)6-8-25-17(24)26-10-18(9-19)7-5-15(27-18)13-3-4-14-16(20)21-11-22-23(13)14;1-3(2,4)5/h3-4,11-12,15H,5-8,10H2,1-2H3,(H2,20,21,22);4-5H,1-2H3/t15?,18-;/m1./s1. The van der Waals surface area contributed by atoms with Crippen molar-refractivity contribution >= 4 is 17.5 Å². The minimum atomic E-state index is -1.50. The summed E-state index contributed by atoms with van der Waals surface area (Å²) in [6, 6.07) is 5.79. The van der Waals surface area contributed by atoms with E-state index >= 15 is 0 Å². The van der Waals surface area contributed by atoms with Gasteiger partial charge in [0.15, 0.2) is 17.2 Å². The van der Waals surface area contributed by atoms with Crippen molar-refractivity contribution in [2.45, 2.75) is 64.4 Å². The lowest BCUT2D eigenvalue weighted by Crippen LogP contribution is -2.33. The number of carbonyl (C=O) groups excluding carboxylic acids is 1. The van der Waals surface area contributed by atoms with Gasteiger partial charge in [-0.1, -0.05) is 13.8 Å². The summed E-state index contributed by atoms with van der Waals surface area (Å²) in [5.41, 5.74) is 6.10. The number of ether oxygens (including phenoxy) is 3. The Morgan fingerprint density at radius 3 is 2.75 bits per heavy atom. The van der Waals surface area contributed by atoms with Crippen LogP contribution in [0, 0.1) is 17.2 Å². The number of carbonyl (C=O) groups is 1. The Kier molecular flexibility index (Phi) is 8.38. The summed E-state index contributed by atoms with van der Waals surface area (Å²) in [7, 11) is 0. The van der Waals surface area contributed by atoms with Crippen LogP contribution in [-0.2, 0) is 14.2 Å². The van der Waals surface area contributed by atoms with Gasteiger partial charge in [0.05, 0.1) is 12.3 Å². The first-order chi connectivity index (χ1) is 14.9. The Hall–Kier alpha value is -2.94. The SMILES string of the molecule is CC(C)(O)O.CC(C)CCOC(=O)OC[C@]1(C#N)CCC(c2ccc3c(N)ncnn23)O1. The number of aromatic nitrogens is 3. The first-order valence-electron chi connectivity index (χ1n) is 10.4. The molecule has 176 valence electrons. The summed E-state index contributed by atoms with van der Waals surface area (Å²) in [5, 5.41) is 29.9. The zero-order valence-corrected chi connectivity index (χ0v) is 18.8. The van der Waals surface area contributed by atoms with E-state index in [9.17, 15) is 10.1 Å². The number of rotatable bonds is 6. The van der Waals surface area contributed by atoms with E-state index in [0.717, 1.165) is 12.1 Å². The molecule has 1 saturated heterocycles. The maximum absolute atomic E-state index is 11.7. The molecular formula is C21H31N5O6. The van der Waals surface area contributed by atoms with Crippen LogP contribution in [0.5, 0.6) is 0 Å². The van der Waals surface area contributed by atoms with E-state index in [0.29, 0.717) is 30.1 Å². The van der Waals surface area contributed by atoms with Gasteiger partial charge < -0.3 is 30.2 Å². The highest BCUT2D eigenvalue weighted by molar-refractivity contribution is 5.65. The van der Waals surface area contributed by atoms with Gasteiger partial charge in [0, 0.05) is 0 Å². The Labute approximate surface area is 186 Å². The monoisotopic (exact) mass is 449 g/mol. The third kappa shape index (κ3) is 7.33. The predicted octanol–water partition coefficient (Wildman–Crippen LogP) is 2.33. The van der Waals surface area contributed by atoms with Gasteiger partial charge in [0.25, 0.3) is 0 Å². The lowest BCUT2D eigenvalue weighted by atomic mass is 10.0. The highest BCUT2D eigenvalue weighted by Crippen LogP contribution is 2.40. The highest BCUT2D eigenvalue weighted by atomic mass is 16.7. The van der Waals surface area contributed by atoms with Crippen molar-refractivity contribution in [3.05, 3.63) is 24.2 Å². The first kappa shape index (κ1) is 25.3. The average molecular weight is 450 g/mol. The third-order valence-electron chi connectivity index (χ3n) is 4.56. The molecule has 0 radical (unpaired) electrons.